The largest absolute Gasteiger partial charge is 0.428 e. The highest BCUT2D eigenvalue weighted by Gasteiger charge is 2.00. The van der Waals surface area contributed by atoms with Crippen LogP contribution in [0.25, 0.3) is 0 Å². The van der Waals surface area contributed by atoms with Gasteiger partial charge in [0.2, 0.25) is 12.9 Å². The minimum atomic E-state index is -0.833. The Bertz CT molecular complexity index is 233. The number of hydrogen-bond donors (Lipinski definition) is 1. The first-order chi connectivity index (χ1) is 6.16. The van der Waals surface area contributed by atoms with E-state index >= 15 is 0 Å². The minimum absolute atomic E-state index is 0.220. The summed E-state index contributed by atoms with van der Waals surface area (Å²) in [7, 11) is 0. The van der Waals surface area contributed by atoms with Crippen LogP contribution in [0.2, 0.25) is 0 Å². The fraction of sp³-hybridized carbons (Fsp3) is 0.500. The molecule has 0 aliphatic heterocycles. The summed E-state index contributed by atoms with van der Waals surface area (Å²) in [5.74, 6) is -0.557. The van der Waals surface area contributed by atoms with Gasteiger partial charge in [0.25, 0.3) is 0 Å². The highest BCUT2D eigenvalue weighted by Crippen LogP contribution is 1.80. The quantitative estimate of drug-likeness (QED) is 0.278. The zero-order chi connectivity index (χ0) is 10.1. The summed E-state index contributed by atoms with van der Waals surface area (Å²) in [4.78, 5) is 33.3. The molecule has 72 valence electrons. The number of nitrogens with one attached hydrogen (secondary N) is 1. The number of aliphatic imine (C=N–C) groups is 1. The first-order valence-electron chi connectivity index (χ1n) is 3.24. The van der Waals surface area contributed by atoms with Gasteiger partial charge >= 0.3 is 12.1 Å². The van der Waals surface area contributed by atoms with Crippen LogP contribution < -0.4 is 5.32 Å². The molecule has 0 aliphatic rings. The number of carbonyl (C=O) groups excluding carboxylic acids is 3. The molecule has 0 aliphatic carbocycles. The van der Waals surface area contributed by atoms with Crippen LogP contribution in [0.15, 0.2) is 4.99 Å². The van der Waals surface area contributed by atoms with E-state index in [4.69, 9.17) is 0 Å². The fourth-order valence-electron chi connectivity index (χ4n) is 0.353. The Kier molecular flexibility index (Phi) is 5.82. The Morgan fingerprint density at radius 2 is 2.15 bits per heavy atom. The molecule has 0 aromatic heterocycles. The van der Waals surface area contributed by atoms with Crippen molar-refractivity contribution in [3.8, 4) is 0 Å². The predicted octanol–water partition coefficient (Wildman–Crippen LogP) is -0.474. The van der Waals surface area contributed by atoms with E-state index in [0.717, 1.165) is 0 Å². The number of hydrogen-bond acceptors (Lipinski definition) is 6. The topological polar surface area (TPSA) is 94.1 Å². The maximum absolute atomic E-state index is 10.6. The van der Waals surface area contributed by atoms with Gasteiger partial charge in [0.05, 0.1) is 0 Å². The minimum Gasteiger partial charge on any atom is -0.428 e. The van der Waals surface area contributed by atoms with Crippen molar-refractivity contribution in [2.75, 3.05) is 13.5 Å². The first-order valence-corrected chi connectivity index (χ1v) is 3.24. The molecule has 1 amide bonds. The van der Waals surface area contributed by atoms with Crippen LogP contribution in [-0.2, 0) is 19.1 Å². The molecule has 0 spiro atoms. The molecule has 1 N–H and O–H groups in total. The van der Waals surface area contributed by atoms with E-state index in [1.165, 1.54) is 13.0 Å². The highest BCUT2D eigenvalue weighted by atomic mass is 16.7. The van der Waals surface area contributed by atoms with Crippen molar-refractivity contribution in [3.63, 3.8) is 0 Å². The van der Waals surface area contributed by atoms with E-state index in [0.29, 0.717) is 0 Å². The molecular formula is C6H8N2O5. The number of carbonyl (C=O) groups is 2. The lowest BCUT2D eigenvalue weighted by Crippen LogP contribution is -2.25. The van der Waals surface area contributed by atoms with Crippen LogP contribution in [0.1, 0.15) is 6.92 Å². The third-order valence-corrected chi connectivity index (χ3v) is 0.819. The van der Waals surface area contributed by atoms with Crippen molar-refractivity contribution >= 4 is 18.1 Å². The lowest BCUT2D eigenvalue weighted by Gasteiger charge is -2.03. The summed E-state index contributed by atoms with van der Waals surface area (Å²) in [6, 6.07) is 0. The number of isocyanates is 1. The summed E-state index contributed by atoms with van der Waals surface area (Å²) < 4.78 is 8.61. The molecule has 0 heterocycles. The van der Waals surface area contributed by atoms with Crippen LogP contribution in [0.4, 0.5) is 4.79 Å². The molecule has 0 aromatic rings. The Labute approximate surface area is 73.7 Å². The van der Waals surface area contributed by atoms with Crippen LogP contribution in [-0.4, -0.2) is 31.6 Å². The maximum Gasteiger partial charge on any atom is 0.411 e. The van der Waals surface area contributed by atoms with Gasteiger partial charge in [-0.15, -0.1) is 0 Å². The second kappa shape index (κ2) is 6.81. The van der Waals surface area contributed by atoms with E-state index in [1.807, 2.05) is 0 Å². The van der Waals surface area contributed by atoms with E-state index in [9.17, 15) is 14.4 Å². The summed E-state index contributed by atoms with van der Waals surface area (Å²) in [5, 5.41) is 2.08. The number of esters is 1. The SMILES string of the molecule is CC(=O)OCOC(=O)NCN=C=O. The summed E-state index contributed by atoms with van der Waals surface area (Å²) in [6.07, 6.45) is 0.384. The standard InChI is InChI=1S/C6H8N2O5/c1-5(10)12-4-13-6(11)8-2-7-3-9/h2,4H2,1H3,(H,8,11). The summed E-state index contributed by atoms with van der Waals surface area (Å²) in [5.41, 5.74) is 0. The number of rotatable bonds is 4. The smallest absolute Gasteiger partial charge is 0.411 e. The Hall–Kier alpha value is -1.88. The number of amides is 1. The van der Waals surface area contributed by atoms with Crippen LogP contribution in [0.5, 0.6) is 0 Å². The van der Waals surface area contributed by atoms with Gasteiger partial charge in [0, 0.05) is 6.92 Å². The first kappa shape index (κ1) is 11.1. The summed E-state index contributed by atoms with van der Waals surface area (Å²) >= 11 is 0. The molecule has 7 heteroatoms. The van der Waals surface area contributed by atoms with Gasteiger partial charge < -0.3 is 14.8 Å². The normalized spacial score (nSPS) is 8.08. The molecule has 0 saturated heterocycles. The lowest BCUT2D eigenvalue weighted by atomic mass is 10.8. The molecule has 0 saturated carbocycles. The van der Waals surface area contributed by atoms with Gasteiger partial charge in [-0.3, -0.25) is 4.79 Å². The number of nitrogens with zero attached hydrogens (tertiary/aromatic N) is 1. The molecule has 0 bridgehead atoms. The van der Waals surface area contributed by atoms with E-state index < -0.39 is 18.9 Å². The van der Waals surface area contributed by atoms with Gasteiger partial charge in [-0.1, -0.05) is 0 Å². The molecule has 0 aromatic carbocycles. The molecule has 7 nitrogen and oxygen atoms in total. The lowest BCUT2D eigenvalue weighted by molar-refractivity contribution is -0.149. The molecule has 0 rings (SSSR count). The monoisotopic (exact) mass is 188 g/mol. The third kappa shape index (κ3) is 8.02. The maximum atomic E-state index is 10.6. The van der Waals surface area contributed by atoms with Crippen molar-refractivity contribution < 1.29 is 23.9 Å². The van der Waals surface area contributed by atoms with E-state index in [1.54, 1.807) is 0 Å². The van der Waals surface area contributed by atoms with E-state index in [2.05, 4.69) is 19.8 Å². The van der Waals surface area contributed by atoms with Gasteiger partial charge in [-0.2, -0.15) is 4.99 Å². The van der Waals surface area contributed by atoms with Crippen molar-refractivity contribution in [3.05, 3.63) is 0 Å². The predicted molar refractivity (Wildman–Crippen MR) is 39.2 cm³/mol. The van der Waals surface area contributed by atoms with Crippen molar-refractivity contribution in [1.82, 2.24) is 5.32 Å². The van der Waals surface area contributed by atoms with E-state index in [-0.39, 0.29) is 6.67 Å². The molecule has 0 unspecified atom stereocenters. The van der Waals surface area contributed by atoms with Gasteiger partial charge in [0.1, 0.15) is 6.67 Å². The molecular weight excluding hydrogens is 180 g/mol. The van der Waals surface area contributed by atoms with Crippen LogP contribution in [0.3, 0.4) is 0 Å². The van der Waals surface area contributed by atoms with Gasteiger partial charge in [-0.25, -0.2) is 9.59 Å². The van der Waals surface area contributed by atoms with Crippen LogP contribution in [0, 0.1) is 0 Å². The number of ether oxygens (including phenoxy) is 2. The average molecular weight is 188 g/mol. The van der Waals surface area contributed by atoms with Crippen molar-refractivity contribution in [1.29, 1.82) is 0 Å². The molecule has 0 fully saturated rings. The van der Waals surface area contributed by atoms with Gasteiger partial charge in [0.15, 0.2) is 0 Å². The fourth-order valence-corrected chi connectivity index (χ4v) is 0.353. The summed E-state index contributed by atoms with van der Waals surface area (Å²) in [6.45, 7) is 0.492. The Morgan fingerprint density at radius 3 is 2.69 bits per heavy atom. The van der Waals surface area contributed by atoms with Crippen LogP contribution >= 0.6 is 0 Å². The van der Waals surface area contributed by atoms with Crippen molar-refractivity contribution in [2.45, 2.75) is 6.92 Å². The third-order valence-electron chi connectivity index (χ3n) is 0.819. The van der Waals surface area contributed by atoms with Gasteiger partial charge in [-0.05, 0) is 0 Å². The zero-order valence-electron chi connectivity index (χ0n) is 6.90. The average Bonchev–Trinajstić information content (AvgIpc) is 2.04. The highest BCUT2D eigenvalue weighted by molar-refractivity contribution is 5.68. The second-order valence-electron chi connectivity index (χ2n) is 1.77. The number of alkyl carbamates (subject to hydrolysis) is 1. The second-order valence-corrected chi connectivity index (χ2v) is 1.77. The molecule has 0 atom stereocenters. The zero-order valence-corrected chi connectivity index (χ0v) is 6.90. The molecule has 13 heavy (non-hydrogen) atoms. The Balaban J connectivity index is 3.40. The molecule has 0 radical (unpaired) electrons. The Morgan fingerprint density at radius 1 is 1.46 bits per heavy atom. The van der Waals surface area contributed by atoms with Crippen molar-refractivity contribution in [2.24, 2.45) is 4.99 Å².